The number of carbonyl (C=O) groups is 1. The van der Waals surface area contributed by atoms with Crippen LogP contribution in [0.1, 0.15) is 23.7 Å². The van der Waals surface area contributed by atoms with Crippen LogP contribution in [-0.2, 0) is 0 Å². The Morgan fingerprint density at radius 2 is 2.12 bits per heavy atom. The molecule has 0 heterocycles. The van der Waals surface area contributed by atoms with Gasteiger partial charge in [-0.1, -0.05) is 0 Å². The van der Waals surface area contributed by atoms with Crippen molar-refractivity contribution in [1.82, 2.24) is 0 Å². The summed E-state index contributed by atoms with van der Waals surface area (Å²) < 4.78 is 10.5. The van der Waals surface area contributed by atoms with Gasteiger partial charge in [0.1, 0.15) is 0 Å². The van der Waals surface area contributed by atoms with Gasteiger partial charge in [0.05, 0.1) is 13.7 Å². The van der Waals surface area contributed by atoms with Crippen LogP contribution in [0, 0.1) is 0 Å². The second-order valence-corrected chi connectivity index (χ2v) is 3.26. The second-order valence-electron chi connectivity index (χ2n) is 3.26. The van der Waals surface area contributed by atoms with Gasteiger partial charge in [0, 0.05) is 12.0 Å². The van der Waals surface area contributed by atoms with Crippen LogP contribution < -0.4 is 15.2 Å². The topological polar surface area (TPSA) is 61.5 Å². The molecule has 0 unspecified atom stereocenters. The van der Waals surface area contributed by atoms with Crippen LogP contribution in [0.2, 0.25) is 0 Å². The summed E-state index contributed by atoms with van der Waals surface area (Å²) in [5.74, 6) is 1.24. The lowest BCUT2D eigenvalue weighted by atomic mass is 10.1. The number of ether oxygens (including phenoxy) is 2. The first-order valence-electron chi connectivity index (χ1n) is 5.27. The molecule has 0 aromatic heterocycles. The number of nitrogens with two attached hydrogens (primary N) is 1. The highest BCUT2D eigenvalue weighted by Crippen LogP contribution is 2.28. The first-order valence-corrected chi connectivity index (χ1v) is 5.27. The summed E-state index contributed by atoms with van der Waals surface area (Å²) in [6.45, 7) is 2.81. The molecule has 0 amide bonds. The lowest BCUT2D eigenvalue weighted by Gasteiger charge is -2.10. The lowest BCUT2D eigenvalue weighted by Crippen LogP contribution is -2.08. The van der Waals surface area contributed by atoms with Crippen molar-refractivity contribution in [2.75, 3.05) is 20.3 Å². The van der Waals surface area contributed by atoms with Gasteiger partial charge in [-0.05, 0) is 31.7 Å². The van der Waals surface area contributed by atoms with Crippen molar-refractivity contribution in [3.63, 3.8) is 0 Å². The SMILES string of the molecule is CCOc1ccc(C(=O)CCN)cc1OC. The van der Waals surface area contributed by atoms with Gasteiger partial charge in [-0.25, -0.2) is 0 Å². The van der Waals surface area contributed by atoms with Gasteiger partial charge < -0.3 is 15.2 Å². The second kappa shape index (κ2) is 6.12. The maximum absolute atomic E-state index is 11.6. The minimum Gasteiger partial charge on any atom is -0.493 e. The molecule has 0 atom stereocenters. The lowest BCUT2D eigenvalue weighted by molar-refractivity contribution is 0.0985. The standard InChI is InChI=1S/C12H17NO3/c1-3-16-11-5-4-9(8-12(11)15-2)10(14)6-7-13/h4-5,8H,3,6-7,13H2,1-2H3. The van der Waals surface area contributed by atoms with Crippen molar-refractivity contribution in [2.24, 2.45) is 5.73 Å². The number of rotatable bonds is 6. The summed E-state index contributed by atoms with van der Waals surface area (Å²) in [5.41, 5.74) is 5.94. The summed E-state index contributed by atoms with van der Waals surface area (Å²) in [6, 6.07) is 5.15. The first-order chi connectivity index (χ1) is 7.72. The molecule has 2 N–H and O–H groups in total. The normalized spacial score (nSPS) is 9.94. The minimum absolute atomic E-state index is 0.0175. The molecule has 1 rings (SSSR count). The predicted octanol–water partition coefficient (Wildman–Crippen LogP) is 1.63. The monoisotopic (exact) mass is 223 g/mol. The van der Waals surface area contributed by atoms with Crippen molar-refractivity contribution >= 4 is 5.78 Å². The minimum atomic E-state index is 0.0175. The largest absolute Gasteiger partial charge is 0.493 e. The fourth-order valence-electron chi connectivity index (χ4n) is 1.39. The Morgan fingerprint density at radius 1 is 1.38 bits per heavy atom. The van der Waals surface area contributed by atoms with Gasteiger partial charge in [0.15, 0.2) is 17.3 Å². The average molecular weight is 223 g/mol. The van der Waals surface area contributed by atoms with E-state index >= 15 is 0 Å². The number of carbonyl (C=O) groups excluding carboxylic acids is 1. The van der Waals surface area contributed by atoms with Gasteiger partial charge in [0.25, 0.3) is 0 Å². The van der Waals surface area contributed by atoms with E-state index in [0.717, 1.165) is 0 Å². The molecule has 16 heavy (non-hydrogen) atoms. The number of benzene rings is 1. The third-order valence-corrected chi connectivity index (χ3v) is 2.16. The molecule has 1 aromatic carbocycles. The van der Waals surface area contributed by atoms with Gasteiger partial charge in [-0.3, -0.25) is 4.79 Å². The quantitative estimate of drug-likeness (QED) is 0.744. The molecule has 0 bridgehead atoms. The summed E-state index contributed by atoms with van der Waals surface area (Å²) >= 11 is 0. The molecule has 0 saturated carbocycles. The molecule has 0 saturated heterocycles. The fraction of sp³-hybridized carbons (Fsp3) is 0.417. The number of methoxy groups -OCH3 is 1. The van der Waals surface area contributed by atoms with E-state index in [4.69, 9.17) is 15.2 Å². The molecular weight excluding hydrogens is 206 g/mol. The molecule has 88 valence electrons. The molecule has 4 heteroatoms. The van der Waals surface area contributed by atoms with Crippen molar-refractivity contribution in [2.45, 2.75) is 13.3 Å². The van der Waals surface area contributed by atoms with Crippen molar-refractivity contribution in [3.05, 3.63) is 23.8 Å². The average Bonchev–Trinajstić information content (AvgIpc) is 2.30. The van der Waals surface area contributed by atoms with E-state index in [0.29, 0.717) is 36.6 Å². The first kappa shape index (κ1) is 12.5. The van der Waals surface area contributed by atoms with Crippen LogP contribution in [0.25, 0.3) is 0 Å². The Kier molecular flexibility index (Phi) is 4.79. The zero-order chi connectivity index (χ0) is 12.0. The summed E-state index contributed by atoms with van der Waals surface area (Å²) in [4.78, 5) is 11.6. The van der Waals surface area contributed by atoms with E-state index in [2.05, 4.69) is 0 Å². The van der Waals surface area contributed by atoms with E-state index < -0.39 is 0 Å². The van der Waals surface area contributed by atoms with E-state index in [1.54, 1.807) is 25.3 Å². The highest BCUT2D eigenvalue weighted by molar-refractivity contribution is 5.96. The fourth-order valence-corrected chi connectivity index (χ4v) is 1.39. The van der Waals surface area contributed by atoms with Crippen molar-refractivity contribution in [1.29, 1.82) is 0 Å². The number of hydrogen-bond acceptors (Lipinski definition) is 4. The van der Waals surface area contributed by atoms with Gasteiger partial charge in [-0.15, -0.1) is 0 Å². The summed E-state index contributed by atoms with van der Waals surface area (Å²) in [7, 11) is 1.55. The molecule has 0 fully saturated rings. The van der Waals surface area contributed by atoms with Crippen LogP contribution in [0.5, 0.6) is 11.5 Å². The van der Waals surface area contributed by atoms with E-state index in [1.165, 1.54) is 0 Å². The van der Waals surface area contributed by atoms with E-state index in [1.807, 2.05) is 6.92 Å². The molecule has 0 radical (unpaired) electrons. The Labute approximate surface area is 95.3 Å². The van der Waals surface area contributed by atoms with E-state index in [9.17, 15) is 4.79 Å². The maximum Gasteiger partial charge on any atom is 0.164 e. The zero-order valence-corrected chi connectivity index (χ0v) is 9.66. The Morgan fingerprint density at radius 3 is 2.69 bits per heavy atom. The Hall–Kier alpha value is -1.55. The van der Waals surface area contributed by atoms with Crippen LogP contribution in [0.15, 0.2) is 18.2 Å². The molecule has 1 aromatic rings. The van der Waals surface area contributed by atoms with Crippen LogP contribution in [0.3, 0.4) is 0 Å². The summed E-state index contributed by atoms with van der Waals surface area (Å²) in [6.07, 6.45) is 0.344. The van der Waals surface area contributed by atoms with Crippen molar-refractivity contribution < 1.29 is 14.3 Å². The Balaban J connectivity index is 2.94. The van der Waals surface area contributed by atoms with Gasteiger partial charge in [-0.2, -0.15) is 0 Å². The van der Waals surface area contributed by atoms with Crippen LogP contribution in [0.4, 0.5) is 0 Å². The number of ketones is 1. The third kappa shape index (κ3) is 2.97. The van der Waals surface area contributed by atoms with Crippen LogP contribution >= 0.6 is 0 Å². The highest BCUT2D eigenvalue weighted by Gasteiger charge is 2.10. The van der Waals surface area contributed by atoms with Gasteiger partial charge >= 0.3 is 0 Å². The molecule has 4 nitrogen and oxygen atoms in total. The number of hydrogen-bond donors (Lipinski definition) is 1. The third-order valence-electron chi connectivity index (χ3n) is 2.16. The maximum atomic E-state index is 11.6. The molecule has 0 spiro atoms. The Bertz CT molecular complexity index is 363. The molecule has 0 aliphatic carbocycles. The van der Waals surface area contributed by atoms with E-state index in [-0.39, 0.29) is 5.78 Å². The molecule has 0 aliphatic heterocycles. The number of Topliss-reactive ketones (excluding diaryl/α,β-unsaturated/α-hetero) is 1. The molecule has 0 aliphatic rings. The van der Waals surface area contributed by atoms with Gasteiger partial charge in [0.2, 0.25) is 0 Å². The van der Waals surface area contributed by atoms with Crippen LogP contribution in [-0.4, -0.2) is 26.0 Å². The smallest absolute Gasteiger partial charge is 0.164 e. The molecular formula is C12H17NO3. The summed E-state index contributed by atoms with van der Waals surface area (Å²) in [5, 5.41) is 0. The van der Waals surface area contributed by atoms with Crippen molar-refractivity contribution in [3.8, 4) is 11.5 Å². The highest BCUT2D eigenvalue weighted by atomic mass is 16.5. The predicted molar refractivity (Wildman–Crippen MR) is 62.2 cm³/mol. The zero-order valence-electron chi connectivity index (χ0n) is 9.66.